The van der Waals surface area contributed by atoms with Crippen molar-refractivity contribution in [1.29, 1.82) is 0 Å². The van der Waals surface area contributed by atoms with Crippen molar-refractivity contribution < 1.29 is 9.90 Å². The molecule has 0 amide bonds. The number of carboxylic acid groups (broad SMARTS) is 1. The molecule has 2 aliphatic rings. The van der Waals surface area contributed by atoms with Crippen molar-refractivity contribution >= 4 is 5.97 Å². The summed E-state index contributed by atoms with van der Waals surface area (Å²) in [6.45, 7) is 5.37. The van der Waals surface area contributed by atoms with Crippen LogP contribution < -0.4 is 5.32 Å². The van der Waals surface area contributed by atoms with Gasteiger partial charge in [0.1, 0.15) is 0 Å². The zero-order valence-corrected chi connectivity index (χ0v) is 10.3. The van der Waals surface area contributed by atoms with E-state index >= 15 is 0 Å². The maximum absolute atomic E-state index is 11.3. The Labute approximate surface area is 97.6 Å². The number of hydrogen-bond acceptors (Lipinski definition) is 2. The fourth-order valence-corrected chi connectivity index (χ4v) is 3.42. The highest BCUT2D eigenvalue weighted by atomic mass is 16.4. The molecule has 2 bridgehead atoms. The maximum Gasteiger partial charge on any atom is 0.308 e. The summed E-state index contributed by atoms with van der Waals surface area (Å²) in [7, 11) is 0. The lowest BCUT2D eigenvalue weighted by molar-refractivity contribution is -0.144. The van der Waals surface area contributed by atoms with Crippen molar-refractivity contribution in [3.05, 3.63) is 0 Å². The standard InChI is InChI=1S/C13H23NO2/c1-3-8(2)7-14-12-10-5-4-9(6-10)11(12)13(15)16/h8-12,14H,3-7H2,1-2H3,(H,15,16). The topological polar surface area (TPSA) is 49.3 Å². The predicted molar refractivity (Wildman–Crippen MR) is 63.2 cm³/mol. The third-order valence-electron chi connectivity index (χ3n) is 4.60. The van der Waals surface area contributed by atoms with Crippen LogP contribution in [-0.4, -0.2) is 23.7 Å². The van der Waals surface area contributed by atoms with Crippen LogP contribution in [0.3, 0.4) is 0 Å². The zero-order valence-electron chi connectivity index (χ0n) is 10.3. The molecule has 3 heteroatoms. The van der Waals surface area contributed by atoms with Gasteiger partial charge in [-0.25, -0.2) is 0 Å². The van der Waals surface area contributed by atoms with Gasteiger partial charge >= 0.3 is 5.97 Å². The van der Waals surface area contributed by atoms with E-state index in [1.807, 2.05) is 0 Å². The first-order valence-electron chi connectivity index (χ1n) is 6.59. The van der Waals surface area contributed by atoms with E-state index in [1.165, 1.54) is 6.42 Å². The van der Waals surface area contributed by atoms with E-state index in [0.717, 1.165) is 25.8 Å². The van der Waals surface area contributed by atoms with E-state index in [9.17, 15) is 9.90 Å². The first-order chi connectivity index (χ1) is 7.63. The zero-order chi connectivity index (χ0) is 11.7. The molecule has 0 heterocycles. The van der Waals surface area contributed by atoms with Gasteiger partial charge in [0.15, 0.2) is 0 Å². The highest BCUT2D eigenvalue weighted by Crippen LogP contribution is 2.48. The lowest BCUT2D eigenvalue weighted by Crippen LogP contribution is -2.45. The molecule has 0 radical (unpaired) electrons. The van der Waals surface area contributed by atoms with Crippen LogP contribution in [0.5, 0.6) is 0 Å². The van der Waals surface area contributed by atoms with Gasteiger partial charge in [0, 0.05) is 6.04 Å². The van der Waals surface area contributed by atoms with Gasteiger partial charge < -0.3 is 10.4 Å². The summed E-state index contributed by atoms with van der Waals surface area (Å²) < 4.78 is 0. The Bertz CT molecular complexity index is 267. The van der Waals surface area contributed by atoms with E-state index in [-0.39, 0.29) is 12.0 Å². The summed E-state index contributed by atoms with van der Waals surface area (Å²) in [5.41, 5.74) is 0. The molecule has 16 heavy (non-hydrogen) atoms. The van der Waals surface area contributed by atoms with Crippen molar-refractivity contribution in [2.24, 2.45) is 23.7 Å². The Morgan fingerprint density at radius 3 is 2.75 bits per heavy atom. The number of nitrogens with one attached hydrogen (secondary N) is 1. The van der Waals surface area contributed by atoms with Gasteiger partial charge in [0.25, 0.3) is 0 Å². The van der Waals surface area contributed by atoms with E-state index in [2.05, 4.69) is 19.2 Å². The largest absolute Gasteiger partial charge is 0.481 e. The number of aliphatic carboxylic acids is 1. The third-order valence-corrected chi connectivity index (χ3v) is 4.60. The molecule has 0 aromatic rings. The normalized spacial score (nSPS) is 38.9. The summed E-state index contributed by atoms with van der Waals surface area (Å²) >= 11 is 0. The molecular formula is C13H23NO2. The van der Waals surface area contributed by atoms with Crippen LogP contribution in [0.25, 0.3) is 0 Å². The van der Waals surface area contributed by atoms with E-state index in [0.29, 0.717) is 17.8 Å². The molecule has 2 saturated carbocycles. The number of carboxylic acids is 1. The monoisotopic (exact) mass is 225 g/mol. The van der Waals surface area contributed by atoms with Crippen LogP contribution in [0.15, 0.2) is 0 Å². The molecule has 0 aromatic carbocycles. The van der Waals surface area contributed by atoms with E-state index in [4.69, 9.17) is 0 Å². The third kappa shape index (κ3) is 2.10. The van der Waals surface area contributed by atoms with Crippen molar-refractivity contribution in [2.45, 2.75) is 45.6 Å². The second kappa shape index (κ2) is 4.74. The summed E-state index contributed by atoms with van der Waals surface area (Å²) in [6, 6.07) is 0.241. The molecule has 0 aliphatic heterocycles. The minimum Gasteiger partial charge on any atom is -0.481 e. The Hall–Kier alpha value is -0.570. The Morgan fingerprint density at radius 2 is 2.12 bits per heavy atom. The molecule has 0 spiro atoms. The molecule has 2 N–H and O–H groups in total. The van der Waals surface area contributed by atoms with Gasteiger partial charge in [-0.3, -0.25) is 4.79 Å². The van der Waals surface area contributed by atoms with Crippen molar-refractivity contribution in [1.82, 2.24) is 5.32 Å². The lowest BCUT2D eigenvalue weighted by Gasteiger charge is -2.30. The Morgan fingerprint density at radius 1 is 1.44 bits per heavy atom. The van der Waals surface area contributed by atoms with Crippen molar-refractivity contribution in [3.8, 4) is 0 Å². The fraction of sp³-hybridized carbons (Fsp3) is 0.923. The number of hydrogen-bond donors (Lipinski definition) is 2. The number of rotatable bonds is 5. The van der Waals surface area contributed by atoms with Gasteiger partial charge in [-0.15, -0.1) is 0 Å². The average molecular weight is 225 g/mol. The first kappa shape index (κ1) is 11.9. The minimum atomic E-state index is -0.589. The summed E-state index contributed by atoms with van der Waals surface area (Å²) in [5.74, 6) is 0.998. The van der Waals surface area contributed by atoms with Crippen LogP contribution in [0.2, 0.25) is 0 Å². The molecule has 92 valence electrons. The van der Waals surface area contributed by atoms with Crippen LogP contribution in [0.4, 0.5) is 0 Å². The fourth-order valence-electron chi connectivity index (χ4n) is 3.42. The van der Waals surface area contributed by atoms with Crippen LogP contribution in [-0.2, 0) is 4.79 Å². The van der Waals surface area contributed by atoms with E-state index < -0.39 is 5.97 Å². The van der Waals surface area contributed by atoms with Crippen LogP contribution in [0.1, 0.15) is 39.5 Å². The molecule has 0 aromatic heterocycles. The lowest BCUT2D eigenvalue weighted by atomic mass is 9.84. The molecule has 3 nitrogen and oxygen atoms in total. The molecule has 5 atom stereocenters. The predicted octanol–water partition coefficient (Wildman–Crippen LogP) is 2.12. The summed E-state index contributed by atoms with van der Waals surface area (Å²) in [5, 5.41) is 12.8. The Balaban J connectivity index is 1.94. The molecule has 2 fully saturated rings. The second-order valence-corrected chi connectivity index (χ2v) is 5.64. The summed E-state index contributed by atoms with van der Waals surface area (Å²) in [4.78, 5) is 11.3. The molecule has 2 rings (SSSR count). The SMILES string of the molecule is CCC(C)CNC1C2CCC(C2)C1C(=O)O. The minimum absolute atomic E-state index is 0.122. The molecular weight excluding hydrogens is 202 g/mol. The van der Waals surface area contributed by atoms with Crippen LogP contribution in [0, 0.1) is 23.7 Å². The molecule has 0 saturated heterocycles. The molecule has 5 unspecified atom stereocenters. The number of carbonyl (C=O) groups is 1. The maximum atomic E-state index is 11.3. The van der Waals surface area contributed by atoms with Crippen molar-refractivity contribution in [2.75, 3.05) is 6.54 Å². The average Bonchev–Trinajstić information content (AvgIpc) is 2.84. The smallest absolute Gasteiger partial charge is 0.308 e. The van der Waals surface area contributed by atoms with Crippen LogP contribution >= 0.6 is 0 Å². The van der Waals surface area contributed by atoms with Gasteiger partial charge in [-0.1, -0.05) is 20.3 Å². The second-order valence-electron chi connectivity index (χ2n) is 5.64. The van der Waals surface area contributed by atoms with Gasteiger partial charge in [0.2, 0.25) is 0 Å². The highest BCUT2D eigenvalue weighted by Gasteiger charge is 2.50. The molecule has 2 aliphatic carbocycles. The van der Waals surface area contributed by atoms with Crippen molar-refractivity contribution in [3.63, 3.8) is 0 Å². The quantitative estimate of drug-likeness (QED) is 0.753. The first-order valence-corrected chi connectivity index (χ1v) is 6.59. The summed E-state index contributed by atoms with van der Waals surface area (Å²) in [6.07, 6.45) is 4.65. The van der Waals surface area contributed by atoms with E-state index in [1.54, 1.807) is 0 Å². The van der Waals surface area contributed by atoms with Gasteiger partial charge in [0.05, 0.1) is 5.92 Å². The highest BCUT2D eigenvalue weighted by molar-refractivity contribution is 5.72. The van der Waals surface area contributed by atoms with Gasteiger partial charge in [-0.05, 0) is 43.6 Å². The Kier molecular flexibility index (Phi) is 3.53. The number of fused-ring (bicyclic) bond motifs is 2. The van der Waals surface area contributed by atoms with Gasteiger partial charge in [-0.2, -0.15) is 0 Å².